The quantitative estimate of drug-likeness (QED) is 0.552. The minimum atomic E-state index is -0.771. The molecule has 4 heterocycles. The maximum absolute atomic E-state index is 13.5. The van der Waals surface area contributed by atoms with Crippen LogP contribution in [0.4, 0.5) is 4.79 Å². The predicted molar refractivity (Wildman–Crippen MR) is 128 cm³/mol. The molecule has 4 fully saturated rings. The van der Waals surface area contributed by atoms with Crippen LogP contribution < -0.4 is 5.32 Å². The highest BCUT2D eigenvalue weighted by atomic mass is 16.2. The zero-order chi connectivity index (χ0) is 23.2. The summed E-state index contributed by atoms with van der Waals surface area (Å²) < 4.78 is 0. The normalized spacial score (nSPS) is 33.2. The molecule has 34 heavy (non-hydrogen) atoms. The molecule has 180 valence electrons. The summed E-state index contributed by atoms with van der Waals surface area (Å²) >= 11 is 0. The highest BCUT2D eigenvalue weighted by Crippen LogP contribution is 2.45. The number of benzene rings is 1. The zero-order valence-electron chi connectivity index (χ0n) is 19.7. The van der Waals surface area contributed by atoms with E-state index in [4.69, 9.17) is 0 Å². The Balaban J connectivity index is 1.16. The van der Waals surface area contributed by atoms with Crippen LogP contribution in [0.15, 0.2) is 42.0 Å². The molecule has 4 saturated heterocycles. The Labute approximate surface area is 201 Å². The smallest absolute Gasteiger partial charge is 0.325 e. The molecular weight excluding hydrogens is 428 g/mol. The van der Waals surface area contributed by atoms with Crippen LogP contribution in [0.5, 0.6) is 0 Å². The van der Waals surface area contributed by atoms with Gasteiger partial charge in [0.1, 0.15) is 6.04 Å². The van der Waals surface area contributed by atoms with Gasteiger partial charge in [0.2, 0.25) is 5.91 Å². The van der Waals surface area contributed by atoms with Crippen molar-refractivity contribution < 1.29 is 14.4 Å². The van der Waals surface area contributed by atoms with E-state index < -0.39 is 12.1 Å². The van der Waals surface area contributed by atoms with Crippen LogP contribution in [0.1, 0.15) is 50.5 Å². The third-order valence-electron chi connectivity index (χ3n) is 8.65. The van der Waals surface area contributed by atoms with Gasteiger partial charge in [0.25, 0.3) is 5.91 Å². The van der Waals surface area contributed by atoms with E-state index in [2.05, 4.69) is 16.3 Å². The number of nitrogens with one attached hydrogen (secondary N) is 1. The van der Waals surface area contributed by atoms with E-state index in [9.17, 15) is 14.4 Å². The second kappa shape index (κ2) is 8.84. The number of urea groups is 1. The number of carbonyl (C=O) groups is 3. The van der Waals surface area contributed by atoms with E-state index in [0.29, 0.717) is 17.9 Å². The number of piperidine rings is 3. The minimum Gasteiger partial charge on any atom is -0.336 e. The molecule has 5 atom stereocenters. The van der Waals surface area contributed by atoms with Crippen LogP contribution in [-0.2, 0) is 16.1 Å². The SMILES string of the molecule is O=C1N[C@H](CC(=O)N2CCCC3=C[C@H]4C[C@@H](CN5CCCC[C@@H]45)[C@@H]32)C(=O)N1Cc1ccccc1. The van der Waals surface area contributed by atoms with E-state index in [1.807, 2.05) is 35.2 Å². The van der Waals surface area contributed by atoms with Gasteiger partial charge in [-0.05, 0) is 56.0 Å². The van der Waals surface area contributed by atoms with Crippen LogP contribution in [-0.4, -0.2) is 70.3 Å². The van der Waals surface area contributed by atoms with Crippen LogP contribution in [0, 0.1) is 11.8 Å². The van der Waals surface area contributed by atoms with Crippen molar-refractivity contribution in [3.63, 3.8) is 0 Å². The van der Waals surface area contributed by atoms with Crippen LogP contribution in [0.2, 0.25) is 0 Å². The molecule has 2 bridgehead atoms. The van der Waals surface area contributed by atoms with Gasteiger partial charge in [-0.1, -0.05) is 48.4 Å². The molecule has 0 unspecified atom stereocenters. The predicted octanol–water partition coefficient (Wildman–Crippen LogP) is 2.92. The van der Waals surface area contributed by atoms with E-state index in [0.717, 1.165) is 31.5 Å². The zero-order valence-corrected chi connectivity index (χ0v) is 19.7. The van der Waals surface area contributed by atoms with Crippen LogP contribution in [0.3, 0.4) is 0 Å². The number of hydrogen-bond acceptors (Lipinski definition) is 4. The molecule has 1 N–H and O–H groups in total. The van der Waals surface area contributed by atoms with Gasteiger partial charge in [-0.25, -0.2) is 4.79 Å². The largest absolute Gasteiger partial charge is 0.336 e. The Hall–Kier alpha value is -2.67. The van der Waals surface area contributed by atoms with Gasteiger partial charge in [-0.15, -0.1) is 0 Å². The fraction of sp³-hybridized carbons (Fsp3) is 0.593. The van der Waals surface area contributed by atoms with Gasteiger partial charge in [0.05, 0.1) is 19.0 Å². The lowest BCUT2D eigenvalue weighted by atomic mass is 9.68. The van der Waals surface area contributed by atoms with E-state index in [1.165, 1.54) is 42.7 Å². The molecule has 5 aliphatic rings. The number of carbonyl (C=O) groups excluding carboxylic acids is 3. The molecular formula is C27H34N4O3. The Morgan fingerprint density at radius 1 is 1.06 bits per heavy atom. The number of imide groups is 1. The maximum Gasteiger partial charge on any atom is 0.325 e. The van der Waals surface area contributed by atoms with Crippen LogP contribution >= 0.6 is 0 Å². The van der Waals surface area contributed by atoms with Gasteiger partial charge in [0, 0.05) is 19.1 Å². The molecule has 0 radical (unpaired) electrons. The first-order chi connectivity index (χ1) is 16.6. The summed E-state index contributed by atoms with van der Waals surface area (Å²) in [6.45, 7) is 3.24. The molecule has 1 aromatic rings. The summed E-state index contributed by atoms with van der Waals surface area (Å²) in [4.78, 5) is 45.0. The Kier molecular flexibility index (Phi) is 5.68. The number of hydrogen-bond donors (Lipinski definition) is 1. The summed E-state index contributed by atoms with van der Waals surface area (Å²) in [5.41, 5.74) is 2.34. The van der Waals surface area contributed by atoms with Crippen molar-refractivity contribution in [1.29, 1.82) is 0 Å². The first-order valence-electron chi connectivity index (χ1n) is 13.0. The minimum absolute atomic E-state index is 0.00460. The number of likely N-dealkylation sites (tertiary alicyclic amines) is 1. The van der Waals surface area contributed by atoms with Crippen molar-refractivity contribution in [3.05, 3.63) is 47.5 Å². The lowest BCUT2D eigenvalue weighted by Crippen LogP contribution is -2.60. The summed E-state index contributed by atoms with van der Waals surface area (Å²) in [7, 11) is 0. The molecule has 4 aliphatic heterocycles. The second-order valence-corrected chi connectivity index (χ2v) is 10.7. The molecule has 7 nitrogen and oxygen atoms in total. The Morgan fingerprint density at radius 2 is 1.91 bits per heavy atom. The van der Waals surface area contributed by atoms with Crippen molar-refractivity contribution >= 4 is 17.8 Å². The average molecular weight is 463 g/mol. The standard InChI is InChI=1S/C27H34N4O3/c32-24(15-22-26(33)31(27(34)28-22)16-18-7-2-1-3-8-18)30-12-6-9-19-13-20-14-21(25(19)30)17-29-11-5-4-10-23(20)29/h1-3,7-8,13,20-23,25H,4-6,9-12,14-17H2,(H,28,34)/t20-,21-,22+,23-,25+/m0/s1. The third kappa shape index (κ3) is 3.84. The topological polar surface area (TPSA) is 73.0 Å². The molecule has 4 amide bonds. The summed E-state index contributed by atoms with van der Waals surface area (Å²) in [5, 5.41) is 2.76. The molecule has 6 rings (SSSR count). The Bertz CT molecular complexity index is 1010. The molecule has 0 aromatic heterocycles. The number of amides is 4. The Morgan fingerprint density at radius 3 is 2.76 bits per heavy atom. The second-order valence-electron chi connectivity index (χ2n) is 10.7. The van der Waals surface area contributed by atoms with E-state index >= 15 is 0 Å². The van der Waals surface area contributed by atoms with Crippen molar-refractivity contribution in [2.24, 2.45) is 11.8 Å². The average Bonchev–Trinajstić information content (AvgIpc) is 3.11. The number of nitrogens with zero attached hydrogens (tertiary/aromatic N) is 3. The molecule has 0 saturated carbocycles. The van der Waals surface area contributed by atoms with Gasteiger partial charge >= 0.3 is 6.03 Å². The lowest BCUT2D eigenvalue weighted by Gasteiger charge is -2.54. The van der Waals surface area contributed by atoms with E-state index in [1.54, 1.807) is 0 Å². The summed E-state index contributed by atoms with van der Waals surface area (Å²) in [6, 6.07) is 9.15. The fourth-order valence-corrected chi connectivity index (χ4v) is 7.18. The summed E-state index contributed by atoms with van der Waals surface area (Å²) in [5.74, 6) is 0.803. The van der Waals surface area contributed by atoms with Crippen molar-refractivity contribution in [2.75, 3.05) is 19.6 Å². The molecule has 7 heteroatoms. The molecule has 1 aromatic carbocycles. The van der Waals surface area contributed by atoms with E-state index in [-0.39, 0.29) is 30.8 Å². The fourth-order valence-electron chi connectivity index (χ4n) is 7.18. The lowest BCUT2D eigenvalue weighted by molar-refractivity contribution is -0.139. The number of rotatable bonds is 4. The van der Waals surface area contributed by atoms with Gasteiger partial charge < -0.3 is 10.2 Å². The van der Waals surface area contributed by atoms with Crippen molar-refractivity contribution in [2.45, 2.75) is 69.6 Å². The number of fused-ring (bicyclic) bond motifs is 6. The van der Waals surface area contributed by atoms with Crippen molar-refractivity contribution in [1.82, 2.24) is 20.0 Å². The van der Waals surface area contributed by atoms with Crippen molar-refractivity contribution in [3.8, 4) is 0 Å². The first-order valence-corrected chi connectivity index (χ1v) is 13.0. The van der Waals surface area contributed by atoms with Gasteiger partial charge in [-0.2, -0.15) is 0 Å². The van der Waals surface area contributed by atoms with Gasteiger partial charge in [-0.3, -0.25) is 19.4 Å². The highest BCUT2D eigenvalue weighted by Gasteiger charge is 2.48. The van der Waals surface area contributed by atoms with Gasteiger partial charge in [0.15, 0.2) is 0 Å². The monoisotopic (exact) mass is 462 g/mol. The molecule has 1 aliphatic carbocycles. The summed E-state index contributed by atoms with van der Waals surface area (Å²) in [6.07, 6.45) is 9.70. The first kappa shape index (κ1) is 21.8. The molecule has 0 spiro atoms. The highest BCUT2D eigenvalue weighted by molar-refractivity contribution is 6.05. The third-order valence-corrected chi connectivity index (χ3v) is 8.65. The maximum atomic E-state index is 13.5. The van der Waals surface area contributed by atoms with Crippen LogP contribution in [0.25, 0.3) is 0 Å².